The average Bonchev–Trinajstić information content (AvgIpc) is 2.68. The third-order valence-electron chi connectivity index (χ3n) is 2.25. The molecule has 0 saturated carbocycles. The molecule has 2 rings (SSSR count). The number of non-ortho nitro benzene ring substituents is 1. The van der Waals surface area contributed by atoms with Crippen molar-refractivity contribution in [3.8, 4) is 0 Å². The summed E-state index contributed by atoms with van der Waals surface area (Å²) < 4.78 is 0. The van der Waals surface area contributed by atoms with Crippen molar-refractivity contribution in [3.05, 3.63) is 57.0 Å². The molecule has 1 aliphatic heterocycles. The lowest BCUT2D eigenvalue weighted by Crippen LogP contribution is -2.01. The van der Waals surface area contributed by atoms with Gasteiger partial charge in [0.05, 0.1) is 9.83 Å². The second-order valence-corrected chi connectivity index (χ2v) is 4.66. The number of benzene rings is 1. The van der Waals surface area contributed by atoms with Crippen molar-refractivity contribution >= 4 is 34.6 Å². The molecule has 0 aliphatic carbocycles. The molecule has 1 heterocycles. The molecule has 2 N–H and O–H groups in total. The molecular weight excluding hydrogens is 266 g/mol. The number of nitrogens with two attached hydrogens (primary N) is 1. The largest absolute Gasteiger partial charge is 0.378 e. The first-order valence-electron chi connectivity index (χ1n) is 5.25. The van der Waals surface area contributed by atoms with Gasteiger partial charge in [-0.1, -0.05) is 24.3 Å². The van der Waals surface area contributed by atoms with Crippen molar-refractivity contribution in [2.24, 2.45) is 10.7 Å². The van der Waals surface area contributed by atoms with Crippen LogP contribution in [0.2, 0.25) is 0 Å². The fraction of sp³-hybridized carbons (Fsp3) is 0. The Morgan fingerprint density at radius 1 is 1.42 bits per heavy atom. The standard InChI is InChI=1S/C12H9N3O3S/c13-12-14-11(16)10(19-12)6-2-4-8-3-1-5-9(7-8)15(17)18/h1-7H,(H2,13,14,16). The maximum atomic E-state index is 11.3. The van der Waals surface area contributed by atoms with Crippen LogP contribution < -0.4 is 5.73 Å². The van der Waals surface area contributed by atoms with E-state index in [-0.39, 0.29) is 16.8 Å². The van der Waals surface area contributed by atoms with Gasteiger partial charge in [-0.15, -0.1) is 0 Å². The van der Waals surface area contributed by atoms with Gasteiger partial charge in [-0.25, -0.2) is 0 Å². The highest BCUT2D eigenvalue weighted by molar-refractivity contribution is 8.18. The predicted octanol–water partition coefficient (Wildman–Crippen LogP) is 2.08. The summed E-state index contributed by atoms with van der Waals surface area (Å²) in [6, 6.07) is 6.20. The molecule has 0 fully saturated rings. The predicted molar refractivity (Wildman–Crippen MR) is 74.4 cm³/mol. The molecule has 6 nitrogen and oxygen atoms in total. The monoisotopic (exact) mass is 275 g/mol. The van der Waals surface area contributed by atoms with Crippen LogP contribution in [0, 0.1) is 10.1 Å². The van der Waals surface area contributed by atoms with Crippen molar-refractivity contribution in [3.63, 3.8) is 0 Å². The second-order valence-electron chi connectivity index (χ2n) is 3.60. The van der Waals surface area contributed by atoms with E-state index < -0.39 is 4.92 Å². The summed E-state index contributed by atoms with van der Waals surface area (Å²) >= 11 is 1.10. The van der Waals surface area contributed by atoms with Crippen molar-refractivity contribution in [2.75, 3.05) is 0 Å². The van der Waals surface area contributed by atoms with Gasteiger partial charge in [0.2, 0.25) is 0 Å². The third-order valence-corrected chi connectivity index (χ3v) is 3.09. The number of hydrogen-bond acceptors (Lipinski definition) is 5. The van der Waals surface area contributed by atoms with Crippen LogP contribution in [0.4, 0.5) is 5.69 Å². The number of aliphatic imine (C=N–C) groups is 1. The Bertz CT molecular complexity index is 635. The molecule has 19 heavy (non-hydrogen) atoms. The highest BCUT2D eigenvalue weighted by Gasteiger charge is 2.18. The SMILES string of the molecule is NC1=NC(=O)C(=CC=Cc2cccc([N+](=O)[O-])c2)S1. The van der Waals surface area contributed by atoms with Gasteiger partial charge >= 0.3 is 0 Å². The Morgan fingerprint density at radius 2 is 2.21 bits per heavy atom. The van der Waals surface area contributed by atoms with E-state index in [2.05, 4.69) is 4.99 Å². The van der Waals surface area contributed by atoms with E-state index in [4.69, 9.17) is 5.73 Å². The summed E-state index contributed by atoms with van der Waals surface area (Å²) in [7, 11) is 0. The third kappa shape index (κ3) is 3.29. The van der Waals surface area contributed by atoms with E-state index in [1.165, 1.54) is 12.1 Å². The Morgan fingerprint density at radius 3 is 2.84 bits per heavy atom. The first-order valence-corrected chi connectivity index (χ1v) is 6.07. The van der Waals surface area contributed by atoms with Crippen LogP contribution in [0.25, 0.3) is 6.08 Å². The van der Waals surface area contributed by atoms with Crippen LogP contribution in [0.5, 0.6) is 0 Å². The molecule has 0 saturated heterocycles. The van der Waals surface area contributed by atoms with Gasteiger partial charge in [0, 0.05) is 12.1 Å². The molecule has 1 aliphatic rings. The highest BCUT2D eigenvalue weighted by Crippen LogP contribution is 2.24. The number of nitro groups is 1. The normalized spacial score (nSPS) is 17.2. The summed E-state index contributed by atoms with van der Waals surface area (Å²) in [6.45, 7) is 0. The van der Waals surface area contributed by atoms with E-state index >= 15 is 0 Å². The second kappa shape index (κ2) is 5.49. The maximum Gasteiger partial charge on any atom is 0.286 e. The minimum atomic E-state index is -0.458. The van der Waals surface area contributed by atoms with Gasteiger partial charge in [0.1, 0.15) is 0 Å². The van der Waals surface area contributed by atoms with E-state index in [1.807, 2.05) is 0 Å². The number of nitro benzene ring substituents is 1. The molecule has 0 radical (unpaired) electrons. The van der Waals surface area contributed by atoms with E-state index in [9.17, 15) is 14.9 Å². The van der Waals surface area contributed by atoms with Gasteiger partial charge in [-0.3, -0.25) is 14.9 Å². The smallest absolute Gasteiger partial charge is 0.286 e. The molecule has 0 unspecified atom stereocenters. The van der Waals surface area contributed by atoms with Crippen molar-refractivity contribution in [1.29, 1.82) is 0 Å². The number of allylic oxidation sites excluding steroid dienone is 2. The van der Waals surface area contributed by atoms with E-state index in [1.54, 1.807) is 30.4 Å². The van der Waals surface area contributed by atoms with Crippen LogP contribution in [-0.4, -0.2) is 16.0 Å². The summed E-state index contributed by atoms with van der Waals surface area (Å²) in [5.74, 6) is -0.369. The molecule has 0 bridgehead atoms. The van der Waals surface area contributed by atoms with Crippen LogP contribution in [0.3, 0.4) is 0 Å². The highest BCUT2D eigenvalue weighted by atomic mass is 32.2. The molecule has 1 amide bonds. The van der Waals surface area contributed by atoms with Gasteiger partial charge in [0.15, 0.2) is 5.17 Å². The Balaban J connectivity index is 2.12. The van der Waals surface area contributed by atoms with Crippen molar-refractivity contribution < 1.29 is 9.72 Å². The van der Waals surface area contributed by atoms with Gasteiger partial charge in [-0.2, -0.15) is 4.99 Å². The minimum Gasteiger partial charge on any atom is -0.378 e. The Hall–Kier alpha value is -2.41. The number of amidine groups is 1. The van der Waals surface area contributed by atoms with Gasteiger partial charge in [0.25, 0.3) is 11.6 Å². The zero-order valence-corrected chi connectivity index (χ0v) is 10.5. The molecular formula is C12H9N3O3S. The zero-order chi connectivity index (χ0) is 13.8. The minimum absolute atomic E-state index is 0.0219. The van der Waals surface area contributed by atoms with Crippen molar-refractivity contribution in [1.82, 2.24) is 0 Å². The number of thioether (sulfide) groups is 1. The molecule has 0 atom stereocenters. The number of nitrogens with zero attached hydrogens (tertiary/aromatic N) is 2. The summed E-state index contributed by atoms with van der Waals surface area (Å²) in [6.07, 6.45) is 4.88. The topological polar surface area (TPSA) is 98.6 Å². The Labute approximate surface area is 112 Å². The van der Waals surface area contributed by atoms with Crippen molar-refractivity contribution in [2.45, 2.75) is 0 Å². The molecule has 1 aromatic carbocycles. The number of hydrogen-bond donors (Lipinski definition) is 1. The zero-order valence-electron chi connectivity index (χ0n) is 9.65. The van der Waals surface area contributed by atoms with E-state index in [0.717, 1.165) is 11.8 Å². The van der Waals surface area contributed by atoms with Gasteiger partial charge < -0.3 is 5.73 Å². The lowest BCUT2D eigenvalue weighted by molar-refractivity contribution is -0.384. The molecule has 0 aromatic heterocycles. The number of amides is 1. The van der Waals surface area contributed by atoms with Crippen LogP contribution in [0.1, 0.15) is 5.56 Å². The molecule has 7 heteroatoms. The molecule has 0 spiro atoms. The number of carbonyl (C=O) groups is 1. The maximum absolute atomic E-state index is 11.3. The fourth-order valence-corrected chi connectivity index (χ4v) is 2.06. The first-order chi connectivity index (χ1) is 9.06. The fourth-order valence-electron chi connectivity index (χ4n) is 1.43. The van der Waals surface area contributed by atoms with Gasteiger partial charge in [-0.05, 0) is 23.4 Å². The lowest BCUT2D eigenvalue weighted by Gasteiger charge is -1.93. The molecule has 96 valence electrons. The Kier molecular flexibility index (Phi) is 3.76. The quantitative estimate of drug-likeness (QED) is 0.517. The van der Waals surface area contributed by atoms with Crippen LogP contribution >= 0.6 is 11.8 Å². The summed E-state index contributed by atoms with van der Waals surface area (Å²) in [5, 5.41) is 10.8. The number of rotatable bonds is 3. The van der Waals surface area contributed by atoms with Crippen LogP contribution in [0.15, 0.2) is 46.3 Å². The summed E-state index contributed by atoms with van der Waals surface area (Å²) in [4.78, 5) is 25.4. The molecule has 1 aromatic rings. The van der Waals surface area contributed by atoms with E-state index in [0.29, 0.717) is 10.5 Å². The average molecular weight is 275 g/mol. The van der Waals surface area contributed by atoms with Crippen LogP contribution in [-0.2, 0) is 4.79 Å². The summed E-state index contributed by atoms with van der Waals surface area (Å²) in [5.41, 5.74) is 6.10. The number of carbonyl (C=O) groups excluding carboxylic acids is 1. The lowest BCUT2D eigenvalue weighted by atomic mass is 10.2. The first kappa shape index (κ1) is 13.0.